The summed E-state index contributed by atoms with van der Waals surface area (Å²) >= 11 is 0. The van der Waals surface area contributed by atoms with E-state index < -0.39 is 0 Å². The number of nitrogens with zero attached hydrogens (tertiary/aromatic N) is 1. The van der Waals surface area contributed by atoms with E-state index >= 15 is 0 Å². The number of aryl methyl sites for hydroxylation is 1. The topological polar surface area (TPSA) is 3.88 Å². The molecule has 0 N–H and O–H groups in total. The molecular weight excluding hydrogens is 362 g/mol. The lowest BCUT2D eigenvalue weighted by Crippen LogP contribution is -2.67. The van der Waals surface area contributed by atoms with Crippen molar-refractivity contribution in [2.75, 3.05) is 0 Å². The minimum atomic E-state index is 0.0633. The molecule has 1 aliphatic heterocycles. The molecule has 1 aromatic heterocycles. The van der Waals surface area contributed by atoms with Gasteiger partial charge in [0.15, 0.2) is 11.7 Å². The number of benzene rings is 2. The fraction of sp³-hybridized carbons (Fsp3) is 0.414. The standard InChI is InChI=1S/C29H36N/c1-6-9-12-22-14-16-23(17-15-22)24-18-19-26-25(21-24)27-13-10-11-20-30(27)29(5,8-3)28(26,4)7-2/h10-11,13-21H,6-9,12H2,1-5H3/q+1. The Bertz CT molecular complexity index is 1030. The lowest BCUT2D eigenvalue weighted by Gasteiger charge is -2.46. The van der Waals surface area contributed by atoms with E-state index in [4.69, 9.17) is 0 Å². The molecule has 1 heteroatoms. The van der Waals surface area contributed by atoms with E-state index in [1.807, 2.05) is 0 Å². The molecule has 0 radical (unpaired) electrons. The first kappa shape index (κ1) is 20.8. The van der Waals surface area contributed by atoms with Gasteiger partial charge >= 0.3 is 0 Å². The van der Waals surface area contributed by atoms with Crippen molar-refractivity contribution in [3.05, 3.63) is 78.0 Å². The van der Waals surface area contributed by atoms with Crippen LogP contribution in [0, 0.1) is 0 Å². The third-order valence-corrected chi connectivity index (χ3v) is 7.97. The fourth-order valence-electron chi connectivity index (χ4n) is 5.44. The Morgan fingerprint density at radius 3 is 2.20 bits per heavy atom. The van der Waals surface area contributed by atoms with E-state index in [9.17, 15) is 0 Å². The van der Waals surface area contributed by atoms with E-state index in [1.165, 1.54) is 52.8 Å². The van der Waals surface area contributed by atoms with Gasteiger partial charge in [-0.15, -0.1) is 0 Å². The fourth-order valence-corrected chi connectivity index (χ4v) is 5.44. The molecule has 156 valence electrons. The SMILES string of the molecule is CCCCc1ccc(-c2ccc3c(c2)-c2cccc[n+]2C(C)(CC)C3(C)CC)cc1. The average Bonchev–Trinajstić information content (AvgIpc) is 2.81. The zero-order valence-corrected chi connectivity index (χ0v) is 19.3. The van der Waals surface area contributed by atoms with Crippen LogP contribution in [0.2, 0.25) is 0 Å². The molecular formula is C29H36N+. The highest BCUT2D eigenvalue weighted by atomic mass is 15.1. The van der Waals surface area contributed by atoms with Crippen LogP contribution in [0.3, 0.4) is 0 Å². The molecule has 0 saturated heterocycles. The van der Waals surface area contributed by atoms with Crippen LogP contribution in [0.1, 0.15) is 71.4 Å². The van der Waals surface area contributed by atoms with Crippen molar-refractivity contribution in [1.29, 1.82) is 0 Å². The summed E-state index contributed by atoms with van der Waals surface area (Å²) in [5.74, 6) is 0. The van der Waals surface area contributed by atoms with E-state index in [1.54, 1.807) is 0 Å². The van der Waals surface area contributed by atoms with Crippen LogP contribution < -0.4 is 4.57 Å². The monoisotopic (exact) mass is 398 g/mol. The summed E-state index contributed by atoms with van der Waals surface area (Å²) < 4.78 is 2.54. The maximum absolute atomic E-state index is 2.54. The van der Waals surface area contributed by atoms with Gasteiger partial charge in [0.1, 0.15) is 0 Å². The molecule has 0 saturated carbocycles. The Morgan fingerprint density at radius 2 is 1.53 bits per heavy atom. The molecule has 1 nitrogen and oxygen atoms in total. The van der Waals surface area contributed by atoms with Crippen molar-refractivity contribution in [3.63, 3.8) is 0 Å². The van der Waals surface area contributed by atoms with Crippen LogP contribution in [0.4, 0.5) is 0 Å². The summed E-state index contributed by atoms with van der Waals surface area (Å²) in [5, 5.41) is 0. The highest BCUT2D eigenvalue weighted by Crippen LogP contribution is 2.50. The predicted octanol–water partition coefficient (Wildman–Crippen LogP) is 7.46. The van der Waals surface area contributed by atoms with Gasteiger partial charge < -0.3 is 0 Å². The van der Waals surface area contributed by atoms with Crippen LogP contribution >= 0.6 is 0 Å². The highest BCUT2D eigenvalue weighted by molar-refractivity contribution is 5.75. The van der Waals surface area contributed by atoms with Crippen molar-refractivity contribution >= 4 is 0 Å². The number of hydrogen-bond acceptors (Lipinski definition) is 0. The molecule has 2 unspecified atom stereocenters. The van der Waals surface area contributed by atoms with Gasteiger partial charge in [0, 0.05) is 25.5 Å². The highest BCUT2D eigenvalue weighted by Gasteiger charge is 2.56. The van der Waals surface area contributed by atoms with Crippen molar-refractivity contribution in [3.8, 4) is 22.4 Å². The van der Waals surface area contributed by atoms with Gasteiger partial charge in [0.05, 0.1) is 11.0 Å². The van der Waals surface area contributed by atoms with Gasteiger partial charge in [-0.05, 0) is 60.6 Å². The summed E-state index contributed by atoms with van der Waals surface area (Å²) in [6, 6.07) is 23.0. The molecule has 2 atom stereocenters. The first-order chi connectivity index (χ1) is 14.5. The predicted molar refractivity (Wildman–Crippen MR) is 128 cm³/mol. The maximum atomic E-state index is 2.54. The molecule has 0 bridgehead atoms. The van der Waals surface area contributed by atoms with Crippen molar-refractivity contribution in [2.24, 2.45) is 0 Å². The first-order valence-corrected chi connectivity index (χ1v) is 11.7. The van der Waals surface area contributed by atoms with Gasteiger partial charge in [-0.25, -0.2) is 0 Å². The summed E-state index contributed by atoms with van der Waals surface area (Å²) in [6.45, 7) is 11.8. The van der Waals surface area contributed by atoms with Gasteiger partial charge in [0.25, 0.3) is 0 Å². The number of aromatic nitrogens is 1. The first-order valence-electron chi connectivity index (χ1n) is 11.7. The second-order valence-corrected chi connectivity index (χ2v) is 9.33. The van der Waals surface area contributed by atoms with Crippen LogP contribution in [0.15, 0.2) is 66.9 Å². The second kappa shape index (κ2) is 8.02. The summed E-state index contributed by atoms with van der Waals surface area (Å²) in [6.07, 6.45) is 8.20. The van der Waals surface area contributed by atoms with Crippen molar-refractivity contribution in [2.45, 2.75) is 77.7 Å². The second-order valence-electron chi connectivity index (χ2n) is 9.33. The Kier molecular flexibility index (Phi) is 5.57. The molecule has 0 spiro atoms. The summed E-state index contributed by atoms with van der Waals surface area (Å²) in [4.78, 5) is 0. The molecule has 1 aliphatic rings. The van der Waals surface area contributed by atoms with E-state index in [2.05, 4.69) is 106 Å². The average molecular weight is 399 g/mol. The number of fused-ring (bicyclic) bond motifs is 3. The van der Waals surface area contributed by atoms with Crippen molar-refractivity contribution < 1.29 is 4.57 Å². The van der Waals surface area contributed by atoms with Gasteiger partial charge in [-0.3, -0.25) is 0 Å². The molecule has 3 aromatic rings. The molecule has 30 heavy (non-hydrogen) atoms. The largest absolute Gasteiger partial charge is 0.213 e. The van der Waals surface area contributed by atoms with Crippen LogP contribution in [-0.2, 0) is 17.4 Å². The lowest BCUT2D eigenvalue weighted by atomic mass is 9.60. The zero-order valence-electron chi connectivity index (χ0n) is 19.3. The minimum Gasteiger partial charge on any atom is -0.192 e. The normalized spacial score (nSPS) is 22.4. The van der Waals surface area contributed by atoms with E-state index in [0.717, 1.165) is 12.8 Å². The molecule has 2 heterocycles. The smallest absolute Gasteiger partial charge is 0.192 e. The third kappa shape index (κ3) is 3.11. The Balaban J connectivity index is 1.84. The van der Waals surface area contributed by atoms with Gasteiger partial charge in [-0.2, -0.15) is 4.57 Å². The Morgan fingerprint density at radius 1 is 0.800 bits per heavy atom. The Hall–Kier alpha value is -2.41. The van der Waals surface area contributed by atoms with E-state index in [0.29, 0.717) is 0 Å². The lowest BCUT2D eigenvalue weighted by molar-refractivity contribution is -0.765. The van der Waals surface area contributed by atoms with Crippen LogP contribution in [-0.4, -0.2) is 0 Å². The number of unbranched alkanes of at least 4 members (excludes halogenated alkanes) is 1. The molecule has 2 aromatic carbocycles. The zero-order chi connectivity index (χ0) is 21.4. The minimum absolute atomic E-state index is 0.0633. The van der Waals surface area contributed by atoms with Gasteiger partial charge in [-0.1, -0.05) is 63.6 Å². The van der Waals surface area contributed by atoms with Crippen LogP contribution in [0.5, 0.6) is 0 Å². The number of rotatable bonds is 6. The molecule has 0 amide bonds. The third-order valence-electron chi connectivity index (χ3n) is 7.97. The van der Waals surface area contributed by atoms with Crippen molar-refractivity contribution in [1.82, 2.24) is 0 Å². The molecule has 4 rings (SSSR count). The molecule has 0 aliphatic carbocycles. The number of pyridine rings is 1. The van der Waals surface area contributed by atoms with Gasteiger partial charge in [0.2, 0.25) is 5.69 Å². The molecule has 0 fully saturated rings. The van der Waals surface area contributed by atoms with E-state index in [-0.39, 0.29) is 11.0 Å². The Labute approximate surface area is 182 Å². The van der Waals surface area contributed by atoms with Crippen LogP contribution in [0.25, 0.3) is 22.4 Å². The summed E-state index contributed by atoms with van der Waals surface area (Å²) in [7, 11) is 0. The summed E-state index contributed by atoms with van der Waals surface area (Å²) in [5.41, 5.74) is 8.43. The quantitative estimate of drug-likeness (QED) is 0.379. The number of hydrogen-bond donors (Lipinski definition) is 0. The maximum Gasteiger partial charge on any atom is 0.213 e.